The van der Waals surface area contributed by atoms with Crippen molar-refractivity contribution in [3.05, 3.63) is 82.0 Å². The molecule has 1 aliphatic rings. The van der Waals surface area contributed by atoms with Gasteiger partial charge in [-0.15, -0.1) is 23.1 Å². The first-order valence-corrected chi connectivity index (χ1v) is 10.3. The SMILES string of the molecule is O=C(O)C1=CC=C(F)N(Cc2cccs2)C1SCCCc1ccccc1. The lowest BCUT2D eigenvalue weighted by Crippen LogP contribution is -2.36. The number of thioether (sulfide) groups is 1. The zero-order valence-corrected chi connectivity index (χ0v) is 15.8. The summed E-state index contributed by atoms with van der Waals surface area (Å²) >= 11 is 3.03. The number of allylic oxidation sites excluding steroid dienone is 2. The van der Waals surface area contributed by atoms with Gasteiger partial charge in [0.05, 0.1) is 12.1 Å². The molecular formula is C20H20FNO2S2. The number of aryl methyl sites for hydroxylation is 1. The van der Waals surface area contributed by atoms with Gasteiger partial charge >= 0.3 is 5.97 Å². The molecule has 0 radical (unpaired) electrons. The van der Waals surface area contributed by atoms with E-state index in [1.807, 2.05) is 35.7 Å². The van der Waals surface area contributed by atoms with E-state index in [-0.39, 0.29) is 11.5 Å². The van der Waals surface area contributed by atoms with Crippen LogP contribution in [0.15, 0.2) is 71.5 Å². The number of carboxylic acids is 1. The van der Waals surface area contributed by atoms with Crippen LogP contribution in [0.2, 0.25) is 0 Å². The Labute approximate surface area is 160 Å². The maximum Gasteiger partial charge on any atom is 0.334 e. The monoisotopic (exact) mass is 389 g/mol. The molecule has 0 spiro atoms. The van der Waals surface area contributed by atoms with Crippen LogP contribution in [0.3, 0.4) is 0 Å². The van der Waals surface area contributed by atoms with Crippen LogP contribution in [-0.4, -0.2) is 27.1 Å². The van der Waals surface area contributed by atoms with Crippen molar-refractivity contribution in [2.75, 3.05) is 5.75 Å². The summed E-state index contributed by atoms with van der Waals surface area (Å²) in [5.74, 6) is -0.618. The van der Waals surface area contributed by atoms with Gasteiger partial charge in [-0.1, -0.05) is 36.4 Å². The van der Waals surface area contributed by atoms with E-state index in [9.17, 15) is 14.3 Å². The molecule has 1 unspecified atom stereocenters. The summed E-state index contributed by atoms with van der Waals surface area (Å²) in [7, 11) is 0. The molecule has 1 aromatic carbocycles. The number of halogens is 1. The summed E-state index contributed by atoms with van der Waals surface area (Å²) in [4.78, 5) is 14.2. The van der Waals surface area contributed by atoms with Gasteiger partial charge in [-0.3, -0.25) is 0 Å². The fourth-order valence-electron chi connectivity index (χ4n) is 2.82. The maximum atomic E-state index is 14.4. The third kappa shape index (κ3) is 4.77. The van der Waals surface area contributed by atoms with Crippen molar-refractivity contribution in [1.82, 2.24) is 4.90 Å². The van der Waals surface area contributed by atoms with Crippen LogP contribution in [0.5, 0.6) is 0 Å². The largest absolute Gasteiger partial charge is 0.478 e. The zero-order valence-electron chi connectivity index (χ0n) is 14.2. The second kappa shape index (κ2) is 9.05. The summed E-state index contributed by atoms with van der Waals surface area (Å²) in [6, 6.07) is 14.0. The Balaban J connectivity index is 1.65. The first kappa shape index (κ1) is 18.7. The van der Waals surface area contributed by atoms with E-state index in [2.05, 4.69) is 12.1 Å². The van der Waals surface area contributed by atoms with Crippen LogP contribution >= 0.6 is 23.1 Å². The van der Waals surface area contributed by atoms with Crippen molar-refractivity contribution in [2.24, 2.45) is 0 Å². The number of carboxylic acid groups (broad SMARTS) is 1. The van der Waals surface area contributed by atoms with Crippen LogP contribution < -0.4 is 0 Å². The minimum atomic E-state index is -0.995. The average molecular weight is 390 g/mol. The molecule has 3 rings (SSSR count). The third-order valence-electron chi connectivity index (χ3n) is 4.11. The summed E-state index contributed by atoms with van der Waals surface area (Å²) in [5, 5.41) is 10.9. The Morgan fingerprint density at radius 1 is 1.19 bits per heavy atom. The highest BCUT2D eigenvalue weighted by Crippen LogP contribution is 2.33. The lowest BCUT2D eigenvalue weighted by atomic mass is 10.1. The van der Waals surface area contributed by atoms with Crippen LogP contribution in [0.25, 0.3) is 0 Å². The van der Waals surface area contributed by atoms with E-state index in [0.717, 1.165) is 23.5 Å². The Morgan fingerprint density at radius 2 is 2.00 bits per heavy atom. The summed E-state index contributed by atoms with van der Waals surface area (Å²) in [6.45, 7) is 0.376. The fourth-order valence-corrected chi connectivity index (χ4v) is 4.77. The molecule has 136 valence electrons. The maximum absolute atomic E-state index is 14.4. The molecule has 1 aromatic heterocycles. The summed E-state index contributed by atoms with van der Waals surface area (Å²) in [5.41, 5.74) is 1.49. The predicted octanol–water partition coefficient (Wildman–Crippen LogP) is 5.08. The highest BCUT2D eigenvalue weighted by Gasteiger charge is 2.31. The highest BCUT2D eigenvalue weighted by atomic mass is 32.2. The van der Waals surface area contributed by atoms with E-state index < -0.39 is 11.3 Å². The van der Waals surface area contributed by atoms with Crippen molar-refractivity contribution in [2.45, 2.75) is 24.8 Å². The average Bonchev–Trinajstić information content (AvgIpc) is 3.15. The third-order valence-corrected chi connectivity index (χ3v) is 6.32. The van der Waals surface area contributed by atoms with Gasteiger partial charge in [0.1, 0.15) is 5.37 Å². The standard InChI is InChI=1S/C20H20FNO2S2/c21-18-11-10-17(20(23)24)19(22(18)14-16-9-5-12-25-16)26-13-4-8-15-6-2-1-3-7-15/h1-3,5-7,9-12,19H,4,8,13-14H2,(H,23,24). The highest BCUT2D eigenvalue weighted by molar-refractivity contribution is 8.00. The van der Waals surface area contributed by atoms with Gasteiger partial charge in [-0.05, 0) is 47.8 Å². The van der Waals surface area contributed by atoms with E-state index in [4.69, 9.17) is 0 Å². The number of nitrogens with zero attached hydrogens (tertiary/aromatic N) is 1. The molecule has 1 atom stereocenters. The summed E-state index contributed by atoms with van der Waals surface area (Å²) in [6.07, 6.45) is 4.47. The summed E-state index contributed by atoms with van der Waals surface area (Å²) < 4.78 is 14.4. The quantitative estimate of drug-likeness (QED) is 0.505. The van der Waals surface area contributed by atoms with Crippen molar-refractivity contribution >= 4 is 29.1 Å². The molecule has 6 heteroatoms. The number of aliphatic carboxylic acids is 1. The van der Waals surface area contributed by atoms with Crippen LogP contribution in [0.1, 0.15) is 16.9 Å². The topological polar surface area (TPSA) is 40.5 Å². The van der Waals surface area contributed by atoms with Gasteiger partial charge in [0.15, 0.2) is 5.95 Å². The molecule has 0 saturated heterocycles. The van der Waals surface area contributed by atoms with E-state index >= 15 is 0 Å². The first-order valence-electron chi connectivity index (χ1n) is 8.40. The second-order valence-corrected chi connectivity index (χ2v) is 8.16. The Bertz CT molecular complexity index is 787. The molecule has 0 amide bonds. The number of thiophene rings is 1. The molecule has 1 N–H and O–H groups in total. The number of hydrogen-bond donors (Lipinski definition) is 1. The molecule has 0 bridgehead atoms. The van der Waals surface area contributed by atoms with Crippen molar-refractivity contribution < 1.29 is 14.3 Å². The number of carbonyl (C=O) groups is 1. The number of hydrogen-bond acceptors (Lipinski definition) is 4. The second-order valence-electron chi connectivity index (χ2n) is 5.94. The van der Waals surface area contributed by atoms with Crippen LogP contribution in [0, 0.1) is 0 Å². The molecule has 0 aliphatic carbocycles. The number of rotatable bonds is 8. The predicted molar refractivity (Wildman–Crippen MR) is 106 cm³/mol. The molecule has 0 fully saturated rings. The van der Waals surface area contributed by atoms with Crippen molar-refractivity contribution in [3.63, 3.8) is 0 Å². The normalized spacial score (nSPS) is 17.0. The molecule has 2 heterocycles. The van der Waals surface area contributed by atoms with Gasteiger partial charge < -0.3 is 10.0 Å². The molecular weight excluding hydrogens is 369 g/mol. The van der Waals surface area contributed by atoms with Gasteiger partial charge in [0.25, 0.3) is 0 Å². The van der Waals surface area contributed by atoms with Crippen LogP contribution in [-0.2, 0) is 17.8 Å². The Kier molecular flexibility index (Phi) is 6.52. The van der Waals surface area contributed by atoms with Crippen LogP contribution in [0.4, 0.5) is 4.39 Å². The molecule has 1 aliphatic heterocycles. The zero-order chi connectivity index (χ0) is 18.4. The first-order chi connectivity index (χ1) is 12.6. The fraction of sp³-hybridized carbons (Fsp3) is 0.250. The Morgan fingerprint density at radius 3 is 2.69 bits per heavy atom. The van der Waals surface area contributed by atoms with Gasteiger partial charge in [-0.25, -0.2) is 4.79 Å². The van der Waals surface area contributed by atoms with Gasteiger partial charge in [0, 0.05) is 4.88 Å². The van der Waals surface area contributed by atoms with Gasteiger partial charge in [-0.2, -0.15) is 4.39 Å². The lowest BCUT2D eigenvalue weighted by molar-refractivity contribution is -0.133. The lowest BCUT2D eigenvalue weighted by Gasteiger charge is -2.33. The molecule has 3 nitrogen and oxygen atoms in total. The number of benzene rings is 1. The van der Waals surface area contributed by atoms with E-state index in [1.165, 1.54) is 29.5 Å². The molecule has 26 heavy (non-hydrogen) atoms. The molecule has 2 aromatic rings. The molecule has 0 saturated carbocycles. The Hall–Kier alpha value is -2.05. The minimum absolute atomic E-state index is 0.229. The van der Waals surface area contributed by atoms with E-state index in [0.29, 0.717) is 6.54 Å². The minimum Gasteiger partial charge on any atom is -0.478 e. The smallest absolute Gasteiger partial charge is 0.334 e. The van der Waals surface area contributed by atoms with Gasteiger partial charge in [0.2, 0.25) is 0 Å². The van der Waals surface area contributed by atoms with Crippen molar-refractivity contribution in [3.8, 4) is 0 Å². The van der Waals surface area contributed by atoms with Crippen molar-refractivity contribution in [1.29, 1.82) is 0 Å². The van der Waals surface area contributed by atoms with E-state index in [1.54, 1.807) is 16.2 Å².